The van der Waals surface area contributed by atoms with Crippen LogP contribution in [0.15, 0.2) is 53.5 Å². The Bertz CT molecular complexity index is 766. The van der Waals surface area contributed by atoms with Gasteiger partial charge in [0.15, 0.2) is 5.96 Å². The number of aliphatic imine (C=N–C) groups is 1. The van der Waals surface area contributed by atoms with Crippen LogP contribution in [-0.4, -0.2) is 39.2 Å². The molecule has 2 aromatic carbocycles. The van der Waals surface area contributed by atoms with Gasteiger partial charge in [0.25, 0.3) is 0 Å². The van der Waals surface area contributed by atoms with Gasteiger partial charge in [-0.3, -0.25) is 9.79 Å². The van der Waals surface area contributed by atoms with Gasteiger partial charge in [-0.2, -0.15) is 0 Å². The zero-order chi connectivity index (χ0) is 19.5. The normalized spacial score (nSPS) is 10.5. The highest BCUT2D eigenvalue weighted by molar-refractivity contribution is 14.0. The molecule has 7 nitrogen and oxygen atoms in total. The second kappa shape index (κ2) is 12.8. The van der Waals surface area contributed by atoms with Crippen LogP contribution in [0.3, 0.4) is 0 Å². The summed E-state index contributed by atoms with van der Waals surface area (Å²) < 4.78 is 10.9. The van der Waals surface area contributed by atoms with Crippen molar-refractivity contribution in [1.29, 1.82) is 0 Å². The molecule has 8 heteroatoms. The summed E-state index contributed by atoms with van der Waals surface area (Å²) in [5, 5.41) is 9.18. The van der Waals surface area contributed by atoms with Gasteiger partial charge >= 0.3 is 0 Å². The van der Waals surface area contributed by atoms with Crippen molar-refractivity contribution in [3.63, 3.8) is 0 Å². The van der Waals surface area contributed by atoms with E-state index in [0.29, 0.717) is 37.1 Å². The van der Waals surface area contributed by atoms with E-state index >= 15 is 0 Å². The molecule has 0 heterocycles. The fraction of sp³-hybridized carbons (Fsp3) is 0.300. The molecule has 0 aliphatic carbocycles. The number of halogens is 1. The summed E-state index contributed by atoms with van der Waals surface area (Å²) in [6, 6.07) is 15.2. The number of nitrogens with one attached hydrogen (secondary N) is 3. The Morgan fingerprint density at radius 3 is 2.46 bits per heavy atom. The maximum Gasteiger partial charge on any atom is 0.221 e. The van der Waals surface area contributed by atoms with Gasteiger partial charge in [-0.1, -0.05) is 18.2 Å². The third kappa shape index (κ3) is 8.47. The first-order valence-corrected chi connectivity index (χ1v) is 8.68. The van der Waals surface area contributed by atoms with Crippen LogP contribution in [0, 0.1) is 0 Å². The first-order chi connectivity index (χ1) is 13.1. The molecule has 2 rings (SSSR count). The number of anilines is 1. The number of amides is 1. The predicted octanol–water partition coefficient (Wildman–Crippen LogP) is 3.02. The number of ether oxygens (including phenoxy) is 2. The summed E-state index contributed by atoms with van der Waals surface area (Å²) in [4.78, 5) is 15.3. The molecule has 0 spiro atoms. The number of carbonyl (C=O) groups excluding carboxylic acids is 1. The third-order valence-corrected chi connectivity index (χ3v) is 3.66. The van der Waals surface area contributed by atoms with Crippen LogP contribution in [0.2, 0.25) is 0 Å². The molecular weight excluding hydrogens is 471 g/mol. The van der Waals surface area contributed by atoms with E-state index < -0.39 is 0 Å². The van der Waals surface area contributed by atoms with Gasteiger partial charge in [0.05, 0.1) is 13.7 Å². The lowest BCUT2D eigenvalue weighted by atomic mass is 10.2. The summed E-state index contributed by atoms with van der Waals surface area (Å²) in [7, 11) is 3.37. The number of rotatable bonds is 8. The summed E-state index contributed by atoms with van der Waals surface area (Å²) in [5.74, 6) is 2.12. The van der Waals surface area contributed by atoms with Gasteiger partial charge in [0, 0.05) is 32.3 Å². The van der Waals surface area contributed by atoms with E-state index in [4.69, 9.17) is 9.47 Å². The van der Waals surface area contributed by atoms with Gasteiger partial charge < -0.3 is 25.4 Å². The van der Waals surface area contributed by atoms with Crippen molar-refractivity contribution < 1.29 is 14.3 Å². The second-order valence-electron chi connectivity index (χ2n) is 5.76. The highest BCUT2D eigenvalue weighted by Gasteiger charge is 2.01. The van der Waals surface area contributed by atoms with Gasteiger partial charge in [-0.05, 0) is 29.8 Å². The molecule has 0 aromatic heterocycles. The van der Waals surface area contributed by atoms with Crippen molar-refractivity contribution >= 4 is 41.5 Å². The number of methoxy groups -OCH3 is 1. The lowest BCUT2D eigenvalue weighted by Crippen LogP contribution is -2.38. The van der Waals surface area contributed by atoms with E-state index in [2.05, 4.69) is 20.9 Å². The van der Waals surface area contributed by atoms with Crippen molar-refractivity contribution in [2.45, 2.75) is 13.5 Å². The van der Waals surface area contributed by atoms with E-state index in [1.807, 2.05) is 42.5 Å². The standard InChI is InChI=1S/C20H26N4O3.HI/c1-15(25)24-17-5-4-6-19(13-17)27-12-11-22-20(21-2)23-14-16-7-9-18(26-3)10-8-16;/h4-10,13H,11-12,14H2,1-3H3,(H,24,25)(H2,21,22,23);1H. The molecule has 28 heavy (non-hydrogen) atoms. The molecular formula is C20H27IN4O3. The van der Waals surface area contributed by atoms with E-state index in [9.17, 15) is 4.79 Å². The number of benzene rings is 2. The Labute approximate surface area is 182 Å². The van der Waals surface area contributed by atoms with Gasteiger partial charge in [-0.15, -0.1) is 24.0 Å². The molecule has 0 aliphatic rings. The molecule has 0 atom stereocenters. The summed E-state index contributed by atoms with van der Waals surface area (Å²) in [5.41, 5.74) is 1.84. The Morgan fingerprint density at radius 1 is 1.07 bits per heavy atom. The Hall–Kier alpha value is -2.49. The van der Waals surface area contributed by atoms with E-state index in [1.165, 1.54) is 6.92 Å². The minimum Gasteiger partial charge on any atom is -0.497 e. The van der Waals surface area contributed by atoms with Crippen molar-refractivity contribution in [3.8, 4) is 11.5 Å². The van der Waals surface area contributed by atoms with E-state index in [-0.39, 0.29) is 29.9 Å². The van der Waals surface area contributed by atoms with Crippen LogP contribution < -0.4 is 25.4 Å². The SMILES string of the molecule is CN=C(NCCOc1cccc(NC(C)=O)c1)NCc1ccc(OC)cc1.I. The van der Waals surface area contributed by atoms with Gasteiger partial charge in [0.1, 0.15) is 18.1 Å². The zero-order valence-electron chi connectivity index (χ0n) is 16.3. The molecule has 0 saturated carbocycles. The van der Waals surface area contributed by atoms with Crippen LogP contribution in [0.5, 0.6) is 11.5 Å². The second-order valence-corrected chi connectivity index (χ2v) is 5.76. The zero-order valence-corrected chi connectivity index (χ0v) is 18.7. The lowest BCUT2D eigenvalue weighted by molar-refractivity contribution is -0.114. The van der Waals surface area contributed by atoms with Crippen molar-refractivity contribution in [3.05, 3.63) is 54.1 Å². The number of hydrogen-bond acceptors (Lipinski definition) is 4. The molecule has 0 bridgehead atoms. The first-order valence-electron chi connectivity index (χ1n) is 8.68. The minimum atomic E-state index is -0.111. The van der Waals surface area contributed by atoms with Crippen LogP contribution in [0.4, 0.5) is 5.69 Å². The fourth-order valence-electron chi connectivity index (χ4n) is 2.36. The maximum atomic E-state index is 11.1. The average molecular weight is 498 g/mol. The largest absolute Gasteiger partial charge is 0.497 e. The summed E-state index contributed by atoms with van der Waals surface area (Å²) in [6.45, 7) is 3.19. The summed E-state index contributed by atoms with van der Waals surface area (Å²) in [6.07, 6.45) is 0. The smallest absolute Gasteiger partial charge is 0.221 e. The van der Waals surface area contributed by atoms with Gasteiger partial charge in [0.2, 0.25) is 5.91 Å². The molecule has 1 amide bonds. The van der Waals surface area contributed by atoms with Crippen molar-refractivity contribution in [2.24, 2.45) is 4.99 Å². The quantitative estimate of drug-likeness (QED) is 0.226. The van der Waals surface area contributed by atoms with E-state index in [0.717, 1.165) is 11.3 Å². The molecule has 152 valence electrons. The predicted molar refractivity (Wildman–Crippen MR) is 123 cm³/mol. The van der Waals surface area contributed by atoms with Crippen LogP contribution >= 0.6 is 24.0 Å². The topological polar surface area (TPSA) is 84.0 Å². The first kappa shape index (κ1) is 23.5. The molecule has 0 fully saturated rings. The molecule has 0 aliphatic heterocycles. The third-order valence-electron chi connectivity index (χ3n) is 3.66. The molecule has 0 saturated heterocycles. The number of carbonyl (C=O) groups is 1. The molecule has 3 N–H and O–H groups in total. The number of nitrogens with zero attached hydrogens (tertiary/aromatic N) is 1. The highest BCUT2D eigenvalue weighted by atomic mass is 127. The van der Waals surface area contributed by atoms with Crippen LogP contribution in [0.1, 0.15) is 12.5 Å². The van der Waals surface area contributed by atoms with E-state index in [1.54, 1.807) is 20.2 Å². The van der Waals surface area contributed by atoms with Crippen molar-refractivity contribution in [1.82, 2.24) is 10.6 Å². The van der Waals surface area contributed by atoms with Crippen LogP contribution in [0.25, 0.3) is 0 Å². The summed E-state index contributed by atoms with van der Waals surface area (Å²) >= 11 is 0. The average Bonchev–Trinajstić information content (AvgIpc) is 2.67. The Kier molecular flexibility index (Phi) is 10.8. The molecule has 0 unspecified atom stereocenters. The van der Waals surface area contributed by atoms with Gasteiger partial charge in [-0.25, -0.2) is 0 Å². The van der Waals surface area contributed by atoms with Crippen LogP contribution in [-0.2, 0) is 11.3 Å². The minimum absolute atomic E-state index is 0. The number of guanidine groups is 1. The molecule has 0 radical (unpaired) electrons. The fourth-order valence-corrected chi connectivity index (χ4v) is 2.36. The Balaban J connectivity index is 0.00000392. The monoisotopic (exact) mass is 498 g/mol. The van der Waals surface area contributed by atoms with Crippen molar-refractivity contribution in [2.75, 3.05) is 32.6 Å². The maximum absolute atomic E-state index is 11.1. The molecule has 2 aromatic rings. The highest BCUT2D eigenvalue weighted by Crippen LogP contribution is 2.17. The Morgan fingerprint density at radius 2 is 1.82 bits per heavy atom. The number of hydrogen-bond donors (Lipinski definition) is 3. The lowest BCUT2D eigenvalue weighted by Gasteiger charge is -2.13.